The molecule has 0 aliphatic heterocycles. The topological polar surface area (TPSA) is 67.2 Å². The highest BCUT2D eigenvalue weighted by Gasteiger charge is 2.28. The maximum atomic E-state index is 13.7. The monoisotopic (exact) mass is 448 g/mol. The summed E-state index contributed by atoms with van der Waals surface area (Å²) in [5.41, 5.74) is 2.43. The van der Waals surface area contributed by atoms with Crippen molar-refractivity contribution >= 4 is 16.9 Å². The fraction of sp³-hybridized carbons (Fsp3) is 0.444. The van der Waals surface area contributed by atoms with E-state index in [0.717, 1.165) is 36.9 Å². The molecule has 1 aromatic heterocycles. The molecule has 0 saturated carbocycles. The van der Waals surface area contributed by atoms with Crippen LogP contribution in [-0.4, -0.2) is 33.6 Å². The molecule has 33 heavy (non-hydrogen) atoms. The fourth-order valence-electron chi connectivity index (χ4n) is 4.06. The van der Waals surface area contributed by atoms with Crippen LogP contribution in [0.5, 0.6) is 0 Å². The summed E-state index contributed by atoms with van der Waals surface area (Å²) in [5, 5.41) is 3.64. The van der Waals surface area contributed by atoms with Gasteiger partial charge in [-0.05, 0) is 50.5 Å². The molecule has 0 saturated heterocycles. The van der Waals surface area contributed by atoms with Crippen LogP contribution in [0.25, 0.3) is 16.6 Å². The molecule has 0 bridgehead atoms. The number of carbonyl (C=O) groups is 1. The van der Waals surface area contributed by atoms with Gasteiger partial charge in [0.2, 0.25) is 0 Å². The first-order valence-electron chi connectivity index (χ1n) is 12.1. The number of nitrogens with one attached hydrogen (secondary N) is 1. The lowest BCUT2D eigenvalue weighted by Gasteiger charge is -2.32. The van der Waals surface area contributed by atoms with Crippen LogP contribution in [0.3, 0.4) is 0 Å². The number of carbonyl (C=O) groups excluding carboxylic acids is 1. The van der Waals surface area contributed by atoms with Gasteiger partial charge in [0, 0.05) is 13.1 Å². The second-order valence-electron chi connectivity index (χ2n) is 8.52. The van der Waals surface area contributed by atoms with E-state index in [1.807, 2.05) is 67.3 Å². The van der Waals surface area contributed by atoms with E-state index in [4.69, 9.17) is 4.98 Å². The Labute approximate surface area is 196 Å². The summed E-state index contributed by atoms with van der Waals surface area (Å²) in [7, 11) is 0. The highest BCUT2D eigenvalue weighted by atomic mass is 16.2. The van der Waals surface area contributed by atoms with Gasteiger partial charge in [-0.25, -0.2) is 9.78 Å². The number of aromatic nitrogens is 2. The molecule has 6 nitrogen and oxygen atoms in total. The molecule has 0 aliphatic carbocycles. The summed E-state index contributed by atoms with van der Waals surface area (Å²) in [6.07, 6.45) is 4.48. The van der Waals surface area contributed by atoms with Gasteiger partial charge in [0.05, 0.1) is 22.6 Å². The van der Waals surface area contributed by atoms with Crippen LogP contribution >= 0.6 is 0 Å². The number of fused-ring (bicyclic) bond motifs is 1. The minimum atomic E-state index is -0.322. The van der Waals surface area contributed by atoms with Crippen LogP contribution in [0.15, 0.2) is 53.3 Å². The van der Waals surface area contributed by atoms with Gasteiger partial charge >= 0.3 is 6.03 Å². The van der Waals surface area contributed by atoms with Gasteiger partial charge in [-0.3, -0.25) is 9.36 Å². The molecule has 2 aromatic carbocycles. The molecule has 3 rings (SSSR count). The molecule has 1 atom stereocenters. The maximum absolute atomic E-state index is 13.7. The van der Waals surface area contributed by atoms with E-state index in [-0.39, 0.29) is 17.6 Å². The van der Waals surface area contributed by atoms with E-state index in [2.05, 4.69) is 19.2 Å². The quantitative estimate of drug-likeness (QED) is 0.401. The fourth-order valence-corrected chi connectivity index (χ4v) is 4.06. The molecule has 0 fully saturated rings. The average molecular weight is 449 g/mol. The van der Waals surface area contributed by atoms with Crippen molar-refractivity contribution < 1.29 is 4.79 Å². The van der Waals surface area contributed by atoms with Crippen molar-refractivity contribution in [3.8, 4) is 5.69 Å². The Morgan fingerprint density at radius 2 is 1.73 bits per heavy atom. The molecule has 0 spiro atoms. The summed E-state index contributed by atoms with van der Waals surface area (Å²) in [6.45, 7) is 9.55. The van der Waals surface area contributed by atoms with Crippen molar-refractivity contribution in [3.63, 3.8) is 0 Å². The van der Waals surface area contributed by atoms with Gasteiger partial charge in [0.25, 0.3) is 5.56 Å². The predicted octanol–water partition coefficient (Wildman–Crippen LogP) is 5.76. The first-order chi connectivity index (χ1) is 16.0. The van der Waals surface area contributed by atoms with Crippen LogP contribution < -0.4 is 10.9 Å². The summed E-state index contributed by atoms with van der Waals surface area (Å²) < 4.78 is 1.69. The zero-order valence-electron chi connectivity index (χ0n) is 20.3. The van der Waals surface area contributed by atoms with Crippen molar-refractivity contribution in [2.45, 2.75) is 65.8 Å². The highest BCUT2D eigenvalue weighted by Crippen LogP contribution is 2.26. The van der Waals surface area contributed by atoms with Gasteiger partial charge in [0.1, 0.15) is 5.82 Å². The summed E-state index contributed by atoms with van der Waals surface area (Å²) in [4.78, 5) is 33.7. The number of aryl methyl sites for hydroxylation is 1. The smallest absolute Gasteiger partial charge is 0.318 e. The Morgan fingerprint density at radius 3 is 2.39 bits per heavy atom. The molecule has 3 aromatic rings. The Hall–Kier alpha value is -3.15. The Morgan fingerprint density at radius 1 is 1.03 bits per heavy atom. The SMILES string of the molecule is CCCCNC(=O)N(CCCC)C(CC)c1nc2ccccc2c(=O)n1-c1ccc(C)cc1. The summed E-state index contributed by atoms with van der Waals surface area (Å²) in [5.74, 6) is 0.604. The van der Waals surface area contributed by atoms with Gasteiger partial charge in [-0.1, -0.05) is 63.4 Å². The van der Waals surface area contributed by atoms with Crippen LogP contribution in [0.1, 0.15) is 70.3 Å². The zero-order chi connectivity index (χ0) is 23.8. The summed E-state index contributed by atoms with van der Waals surface area (Å²) >= 11 is 0. The maximum Gasteiger partial charge on any atom is 0.318 e. The van der Waals surface area contributed by atoms with E-state index in [1.54, 1.807) is 4.57 Å². The number of hydrogen-bond donors (Lipinski definition) is 1. The predicted molar refractivity (Wildman–Crippen MR) is 135 cm³/mol. The number of hydrogen-bond acceptors (Lipinski definition) is 3. The number of para-hydroxylation sites is 1. The number of unbranched alkanes of at least 4 members (excludes halogenated alkanes) is 2. The second-order valence-corrected chi connectivity index (χ2v) is 8.52. The third kappa shape index (κ3) is 5.62. The Bertz CT molecular complexity index is 1120. The highest BCUT2D eigenvalue weighted by molar-refractivity contribution is 5.78. The second kappa shape index (κ2) is 11.6. The van der Waals surface area contributed by atoms with E-state index in [1.165, 1.54) is 0 Å². The first-order valence-corrected chi connectivity index (χ1v) is 12.1. The average Bonchev–Trinajstić information content (AvgIpc) is 2.82. The standard InChI is InChI=1S/C27H36N4O2/c1-5-8-18-28-27(33)30(19-9-6-2)24(7-3)25-29-23-13-11-10-12-22(23)26(32)31(25)21-16-14-20(4)15-17-21/h10-17,24H,5-9,18-19H2,1-4H3,(H,28,33). The van der Waals surface area contributed by atoms with Crippen molar-refractivity contribution in [3.05, 3.63) is 70.3 Å². The Kier molecular flexibility index (Phi) is 8.64. The van der Waals surface area contributed by atoms with Crippen molar-refractivity contribution in [1.82, 2.24) is 19.8 Å². The van der Waals surface area contributed by atoms with Gasteiger partial charge < -0.3 is 10.2 Å². The van der Waals surface area contributed by atoms with E-state index < -0.39 is 0 Å². The molecule has 1 heterocycles. The third-order valence-corrected chi connectivity index (χ3v) is 5.97. The van der Waals surface area contributed by atoms with Crippen LogP contribution in [-0.2, 0) is 0 Å². The largest absolute Gasteiger partial charge is 0.338 e. The minimum Gasteiger partial charge on any atom is -0.338 e. The van der Waals surface area contributed by atoms with Gasteiger partial charge in [-0.15, -0.1) is 0 Å². The lowest BCUT2D eigenvalue weighted by Crippen LogP contribution is -2.44. The number of benzene rings is 2. The third-order valence-electron chi connectivity index (χ3n) is 5.97. The number of rotatable bonds is 10. The van der Waals surface area contributed by atoms with E-state index in [0.29, 0.717) is 36.2 Å². The lowest BCUT2D eigenvalue weighted by atomic mass is 10.1. The Balaban J connectivity index is 2.18. The van der Waals surface area contributed by atoms with Crippen LogP contribution in [0, 0.1) is 6.92 Å². The molecule has 0 aliphatic rings. The van der Waals surface area contributed by atoms with Crippen molar-refractivity contribution in [2.75, 3.05) is 13.1 Å². The number of urea groups is 1. The summed E-state index contributed by atoms with van der Waals surface area (Å²) in [6, 6.07) is 14.9. The molecule has 2 amide bonds. The molecule has 176 valence electrons. The number of amides is 2. The van der Waals surface area contributed by atoms with E-state index in [9.17, 15) is 9.59 Å². The van der Waals surface area contributed by atoms with Crippen LogP contribution in [0.4, 0.5) is 4.79 Å². The van der Waals surface area contributed by atoms with Crippen molar-refractivity contribution in [1.29, 1.82) is 0 Å². The van der Waals surface area contributed by atoms with Gasteiger partial charge in [0.15, 0.2) is 0 Å². The number of nitrogens with zero attached hydrogens (tertiary/aromatic N) is 3. The molecule has 0 radical (unpaired) electrons. The zero-order valence-corrected chi connectivity index (χ0v) is 20.3. The van der Waals surface area contributed by atoms with Gasteiger partial charge in [-0.2, -0.15) is 0 Å². The molecule has 1 unspecified atom stereocenters. The normalized spacial score (nSPS) is 12.0. The van der Waals surface area contributed by atoms with Crippen LogP contribution in [0.2, 0.25) is 0 Å². The molecule has 1 N–H and O–H groups in total. The van der Waals surface area contributed by atoms with Crippen molar-refractivity contribution in [2.24, 2.45) is 0 Å². The molecular formula is C27H36N4O2. The molecule has 6 heteroatoms. The lowest BCUT2D eigenvalue weighted by molar-refractivity contribution is 0.166. The minimum absolute atomic E-state index is 0.0957. The van der Waals surface area contributed by atoms with E-state index >= 15 is 0 Å². The first kappa shape index (κ1) is 24.5. The molecular weight excluding hydrogens is 412 g/mol.